The van der Waals surface area contributed by atoms with Crippen LogP contribution in [0.2, 0.25) is 0 Å². The van der Waals surface area contributed by atoms with E-state index in [1.165, 1.54) is 25.7 Å². The summed E-state index contributed by atoms with van der Waals surface area (Å²) in [5.74, 6) is 0.854. The highest BCUT2D eigenvalue weighted by molar-refractivity contribution is 14.1. The number of hydrogen-bond acceptors (Lipinski definition) is 1. The highest BCUT2D eigenvalue weighted by Gasteiger charge is 2.40. The second kappa shape index (κ2) is 4.08. The van der Waals surface area contributed by atoms with Gasteiger partial charge in [-0.05, 0) is 24.2 Å². The van der Waals surface area contributed by atoms with Gasteiger partial charge in [-0.1, -0.05) is 26.7 Å². The van der Waals surface area contributed by atoms with E-state index < -0.39 is 0 Å². The maximum atomic E-state index is 5.10. The van der Waals surface area contributed by atoms with Gasteiger partial charge in [0.15, 0.2) is 0 Å². The molecule has 1 fully saturated rings. The Morgan fingerprint density at radius 1 is 1.36 bits per heavy atom. The van der Waals surface area contributed by atoms with Crippen molar-refractivity contribution in [2.24, 2.45) is 11.3 Å². The number of halogens is 1. The van der Waals surface area contributed by atoms with Gasteiger partial charge in [-0.2, -0.15) is 0 Å². The molecule has 0 spiro atoms. The summed E-state index contributed by atoms with van der Waals surface area (Å²) in [5, 5.41) is 0. The van der Waals surface area contributed by atoms with Gasteiger partial charge in [-0.15, -0.1) is 0 Å². The van der Waals surface area contributed by atoms with Crippen molar-refractivity contribution in [1.82, 2.24) is 0 Å². The molecule has 0 radical (unpaired) electrons. The Morgan fingerprint density at radius 3 is 2.27 bits per heavy atom. The normalized spacial score (nSPS) is 23.2. The lowest BCUT2D eigenvalue weighted by molar-refractivity contribution is 0.0256. The molecule has 0 heterocycles. The predicted molar refractivity (Wildman–Crippen MR) is 55.7 cm³/mol. The van der Waals surface area contributed by atoms with Crippen LogP contribution in [0.3, 0.4) is 0 Å². The maximum Gasteiger partial charge on any atom is 0.109 e. The molecule has 0 bridgehead atoms. The average Bonchev–Trinajstić information content (AvgIpc) is 1.96. The zero-order valence-electron chi connectivity index (χ0n) is 7.40. The van der Waals surface area contributed by atoms with E-state index in [4.69, 9.17) is 3.07 Å². The van der Waals surface area contributed by atoms with Gasteiger partial charge in [0.2, 0.25) is 0 Å². The van der Waals surface area contributed by atoms with Crippen LogP contribution in [0.25, 0.3) is 0 Å². The number of rotatable bonds is 4. The molecule has 1 aliphatic rings. The zero-order valence-corrected chi connectivity index (χ0v) is 9.56. The molecule has 0 aliphatic heterocycles. The zero-order chi connectivity index (χ0) is 8.32. The summed E-state index contributed by atoms with van der Waals surface area (Å²) >= 11 is 2.00. The largest absolute Gasteiger partial charge is 0.316 e. The van der Waals surface area contributed by atoms with Crippen molar-refractivity contribution in [3.8, 4) is 0 Å². The maximum absolute atomic E-state index is 5.10. The molecular weight excluding hydrogens is 251 g/mol. The fourth-order valence-corrected chi connectivity index (χ4v) is 2.71. The van der Waals surface area contributed by atoms with Gasteiger partial charge in [0.25, 0.3) is 0 Å². The third-order valence-electron chi connectivity index (χ3n) is 3.24. The Bertz CT molecular complexity index is 113. The van der Waals surface area contributed by atoms with Crippen molar-refractivity contribution in [3.63, 3.8) is 0 Å². The van der Waals surface area contributed by atoms with Crippen molar-refractivity contribution in [2.75, 3.05) is 6.61 Å². The minimum Gasteiger partial charge on any atom is -0.316 e. The lowest BCUT2D eigenvalue weighted by Crippen LogP contribution is -2.37. The van der Waals surface area contributed by atoms with E-state index in [1.807, 2.05) is 23.0 Å². The lowest BCUT2D eigenvalue weighted by atomic mass is 9.59. The van der Waals surface area contributed by atoms with E-state index in [-0.39, 0.29) is 0 Å². The molecule has 0 atom stereocenters. The molecule has 0 aromatic heterocycles. The minimum atomic E-state index is 0.694. The average molecular weight is 268 g/mol. The first-order valence-corrected chi connectivity index (χ1v) is 5.38. The predicted octanol–water partition coefficient (Wildman–Crippen LogP) is 3.57. The van der Waals surface area contributed by atoms with E-state index in [9.17, 15) is 0 Å². The first-order chi connectivity index (χ1) is 5.26. The van der Waals surface area contributed by atoms with Crippen LogP contribution in [0.15, 0.2) is 0 Å². The highest BCUT2D eigenvalue weighted by atomic mass is 127. The summed E-state index contributed by atoms with van der Waals surface area (Å²) in [6.45, 7) is 5.58. The summed E-state index contributed by atoms with van der Waals surface area (Å²) in [5.41, 5.74) is 0.694. The molecule has 0 N–H and O–H groups in total. The molecule has 0 aromatic carbocycles. The monoisotopic (exact) mass is 268 g/mol. The molecule has 1 aliphatic carbocycles. The molecule has 1 nitrogen and oxygen atoms in total. The van der Waals surface area contributed by atoms with Gasteiger partial charge in [0.1, 0.15) is 23.0 Å². The van der Waals surface area contributed by atoms with Crippen molar-refractivity contribution < 1.29 is 3.07 Å². The first kappa shape index (κ1) is 9.78. The van der Waals surface area contributed by atoms with Crippen molar-refractivity contribution in [2.45, 2.75) is 39.5 Å². The molecule has 11 heavy (non-hydrogen) atoms. The molecule has 2 heteroatoms. The molecule has 0 amide bonds. The van der Waals surface area contributed by atoms with Crippen LogP contribution in [0.5, 0.6) is 0 Å². The summed E-state index contributed by atoms with van der Waals surface area (Å²) in [4.78, 5) is 0. The van der Waals surface area contributed by atoms with Crippen LogP contribution < -0.4 is 0 Å². The lowest BCUT2D eigenvalue weighted by Gasteiger charge is -2.46. The second-order valence-electron chi connectivity index (χ2n) is 3.76. The van der Waals surface area contributed by atoms with E-state index in [0.29, 0.717) is 5.41 Å². The van der Waals surface area contributed by atoms with Crippen LogP contribution in [-0.2, 0) is 3.07 Å². The van der Waals surface area contributed by atoms with E-state index in [0.717, 1.165) is 12.5 Å². The third-order valence-corrected chi connectivity index (χ3v) is 3.60. The second-order valence-corrected chi connectivity index (χ2v) is 4.38. The van der Waals surface area contributed by atoms with Crippen LogP contribution in [0, 0.1) is 11.3 Å². The van der Waals surface area contributed by atoms with Crippen molar-refractivity contribution >= 4 is 23.0 Å². The molecule has 1 saturated carbocycles. The molecular formula is C9H17IO. The molecule has 1 rings (SSSR count). The van der Waals surface area contributed by atoms with Crippen LogP contribution in [0.1, 0.15) is 39.5 Å². The van der Waals surface area contributed by atoms with Gasteiger partial charge in [-0.3, -0.25) is 0 Å². The van der Waals surface area contributed by atoms with E-state index in [1.54, 1.807) is 0 Å². The number of hydrogen-bond donors (Lipinski definition) is 0. The fourth-order valence-electron chi connectivity index (χ4n) is 2.20. The molecule has 66 valence electrons. The Kier molecular flexibility index (Phi) is 3.62. The molecule has 0 saturated heterocycles. The van der Waals surface area contributed by atoms with Gasteiger partial charge in [-0.25, -0.2) is 0 Å². The van der Waals surface area contributed by atoms with Crippen LogP contribution in [-0.4, -0.2) is 6.61 Å². The Morgan fingerprint density at radius 2 is 1.91 bits per heavy atom. The topological polar surface area (TPSA) is 9.23 Å². The van der Waals surface area contributed by atoms with Crippen molar-refractivity contribution in [1.29, 1.82) is 0 Å². The van der Waals surface area contributed by atoms with Gasteiger partial charge >= 0.3 is 0 Å². The first-order valence-electron chi connectivity index (χ1n) is 4.50. The summed E-state index contributed by atoms with van der Waals surface area (Å²) in [6.07, 6.45) is 5.48. The summed E-state index contributed by atoms with van der Waals surface area (Å²) in [6, 6.07) is 0. The fraction of sp³-hybridized carbons (Fsp3) is 1.00. The standard InChI is InChI=1S/C9H17IO/c1-3-9(4-2)5-8(6-9)7-11-10/h8H,3-7H2,1-2H3. The molecule has 0 unspecified atom stereocenters. The highest BCUT2D eigenvalue weighted by Crippen LogP contribution is 2.50. The van der Waals surface area contributed by atoms with Gasteiger partial charge in [0.05, 0.1) is 6.61 Å². The van der Waals surface area contributed by atoms with Crippen LogP contribution in [0.4, 0.5) is 0 Å². The Hall–Kier alpha value is 0.690. The quantitative estimate of drug-likeness (QED) is 0.708. The van der Waals surface area contributed by atoms with Gasteiger partial charge in [0, 0.05) is 0 Å². The third kappa shape index (κ3) is 2.08. The SMILES string of the molecule is CCC1(CC)CC(COI)C1. The Labute approximate surface area is 83.6 Å². The van der Waals surface area contributed by atoms with Crippen molar-refractivity contribution in [3.05, 3.63) is 0 Å². The molecule has 0 aromatic rings. The Balaban J connectivity index is 2.24. The smallest absolute Gasteiger partial charge is 0.109 e. The summed E-state index contributed by atoms with van der Waals surface area (Å²) < 4.78 is 5.10. The van der Waals surface area contributed by atoms with E-state index in [2.05, 4.69) is 13.8 Å². The van der Waals surface area contributed by atoms with Crippen LogP contribution >= 0.6 is 23.0 Å². The van der Waals surface area contributed by atoms with E-state index >= 15 is 0 Å². The van der Waals surface area contributed by atoms with Gasteiger partial charge < -0.3 is 3.07 Å². The minimum absolute atomic E-state index is 0.694. The summed E-state index contributed by atoms with van der Waals surface area (Å²) in [7, 11) is 0.